The standard InChI is InChI=1S/C14H13NO3S2/c1-3-15-13(17)12(20-14(15)19)8-10-4-6-11(7-5-10)18-9(2)16/h4-8H,3H2,1-2H3. The van der Waals surface area contributed by atoms with Gasteiger partial charge >= 0.3 is 5.97 Å². The fourth-order valence-electron chi connectivity index (χ4n) is 1.72. The van der Waals surface area contributed by atoms with Gasteiger partial charge < -0.3 is 4.74 Å². The first-order valence-corrected chi connectivity index (χ1v) is 7.27. The zero-order chi connectivity index (χ0) is 14.7. The second-order valence-corrected chi connectivity index (χ2v) is 5.76. The Kier molecular flexibility index (Phi) is 4.57. The number of carbonyl (C=O) groups excluding carboxylic acids is 2. The molecule has 1 aliphatic rings. The number of amides is 1. The van der Waals surface area contributed by atoms with E-state index in [2.05, 4.69) is 0 Å². The normalized spacial score (nSPS) is 16.9. The molecule has 0 atom stereocenters. The first kappa shape index (κ1) is 14.7. The fraction of sp³-hybridized carbons (Fsp3) is 0.214. The van der Waals surface area contributed by atoms with Crippen molar-refractivity contribution in [3.05, 3.63) is 34.7 Å². The molecule has 0 aromatic heterocycles. The Bertz CT molecular complexity index is 593. The Balaban J connectivity index is 2.17. The molecule has 1 aromatic carbocycles. The van der Waals surface area contributed by atoms with Gasteiger partial charge in [-0.15, -0.1) is 0 Å². The maximum atomic E-state index is 12.0. The second kappa shape index (κ2) is 6.19. The van der Waals surface area contributed by atoms with Crippen LogP contribution in [0, 0.1) is 0 Å². The molecule has 0 unspecified atom stereocenters. The molecule has 0 saturated carbocycles. The van der Waals surface area contributed by atoms with Crippen LogP contribution >= 0.6 is 24.0 Å². The molecule has 0 N–H and O–H groups in total. The van der Waals surface area contributed by atoms with E-state index in [9.17, 15) is 9.59 Å². The molecule has 0 spiro atoms. The highest BCUT2D eigenvalue weighted by Crippen LogP contribution is 2.32. The molecule has 1 amide bonds. The summed E-state index contributed by atoms with van der Waals surface area (Å²) in [5.41, 5.74) is 0.859. The number of rotatable bonds is 3. The molecule has 1 fully saturated rings. The summed E-state index contributed by atoms with van der Waals surface area (Å²) in [5, 5.41) is 0. The molecule has 104 valence electrons. The van der Waals surface area contributed by atoms with Gasteiger partial charge in [-0.3, -0.25) is 14.5 Å². The minimum atomic E-state index is -0.360. The van der Waals surface area contributed by atoms with Gasteiger partial charge in [0, 0.05) is 13.5 Å². The van der Waals surface area contributed by atoms with Crippen LogP contribution in [0.25, 0.3) is 6.08 Å². The van der Waals surface area contributed by atoms with E-state index in [1.165, 1.54) is 18.7 Å². The third kappa shape index (κ3) is 3.26. The summed E-state index contributed by atoms with van der Waals surface area (Å²) >= 11 is 6.45. The predicted molar refractivity (Wildman–Crippen MR) is 83.3 cm³/mol. The van der Waals surface area contributed by atoms with Gasteiger partial charge in [0.15, 0.2) is 0 Å². The Morgan fingerprint density at radius 2 is 2.05 bits per heavy atom. The van der Waals surface area contributed by atoms with E-state index in [1.807, 2.05) is 6.92 Å². The number of benzene rings is 1. The summed E-state index contributed by atoms with van der Waals surface area (Å²) in [6.45, 7) is 3.82. The third-order valence-corrected chi connectivity index (χ3v) is 4.01. The van der Waals surface area contributed by atoms with Gasteiger partial charge in [0.2, 0.25) is 0 Å². The van der Waals surface area contributed by atoms with E-state index >= 15 is 0 Å². The van der Waals surface area contributed by atoms with Gasteiger partial charge in [-0.05, 0) is 30.7 Å². The van der Waals surface area contributed by atoms with E-state index in [4.69, 9.17) is 17.0 Å². The summed E-state index contributed by atoms with van der Waals surface area (Å²) in [4.78, 5) is 25.0. The van der Waals surface area contributed by atoms with Gasteiger partial charge in [0.25, 0.3) is 5.91 Å². The highest BCUT2D eigenvalue weighted by Gasteiger charge is 2.30. The van der Waals surface area contributed by atoms with Crippen LogP contribution in [0.15, 0.2) is 29.2 Å². The summed E-state index contributed by atoms with van der Waals surface area (Å²) in [6, 6.07) is 6.95. The summed E-state index contributed by atoms with van der Waals surface area (Å²) in [6.07, 6.45) is 1.78. The topological polar surface area (TPSA) is 46.6 Å². The molecule has 6 heteroatoms. The number of likely N-dealkylation sites (N-methyl/N-ethyl adjacent to an activating group) is 1. The lowest BCUT2D eigenvalue weighted by Crippen LogP contribution is -2.27. The monoisotopic (exact) mass is 307 g/mol. The van der Waals surface area contributed by atoms with Crippen molar-refractivity contribution in [3.63, 3.8) is 0 Å². The highest BCUT2D eigenvalue weighted by molar-refractivity contribution is 8.26. The Hall–Kier alpha value is -1.66. The molecule has 1 aliphatic heterocycles. The highest BCUT2D eigenvalue weighted by atomic mass is 32.2. The van der Waals surface area contributed by atoms with Crippen molar-refractivity contribution in [2.45, 2.75) is 13.8 Å². The lowest BCUT2D eigenvalue weighted by atomic mass is 10.2. The fourth-order valence-corrected chi connectivity index (χ4v) is 3.11. The minimum Gasteiger partial charge on any atom is -0.427 e. The summed E-state index contributed by atoms with van der Waals surface area (Å²) in [7, 11) is 0. The van der Waals surface area contributed by atoms with Crippen LogP contribution in [0.3, 0.4) is 0 Å². The Morgan fingerprint density at radius 3 is 2.55 bits per heavy atom. The van der Waals surface area contributed by atoms with Crippen molar-refractivity contribution in [1.29, 1.82) is 0 Å². The average molecular weight is 307 g/mol. The van der Waals surface area contributed by atoms with E-state index in [1.54, 1.807) is 35.2 Å². The van der Waals surface area contributed by atoms with Gasteiger partial charge in [-0.1, -0.05) is 36.1 Å². The Labute approximate surface area is 126 Å². The SMILES string of the molecule is CCN1C(=O)C(=Cc2ccc(OC(C)=O)cc2)SC1=S. The molecule has 0 aliphatic carbocycles. The number of thioether (sulfide) groups is 1. The molecule has 0 radical (unpaired) electrons. The number of thiocarbonyl (C=S) groups is 1. The molecule has 1 heterocycles. The van der Waals surface area contributed by atoms with E-state index in [0.717, 1.165) is 5.56 Å². The number of carbonyl (C=O) groups is 2. The molecule has 2 rings (SSSR count). The van der Waals surface area contributed by atoms with Crippen molar-refractivity contribution >= 4 is 46.3 Å². The van der Waals surface area contributed by atoms with Crippen LogP contribution in [-0.2, 0) is 9.59 Å². The van der Waals surface area contributed by atoms with E-state index in [-0.39, 0.29) is 11.9 Å². The van der Waals surface area contributed by atoms with Crippen LogP contribution in [0.2, 0.25) is 0 Å². The van der Waals surface area contributed by atoms with E-state index < -0.39 is 0 Å². The number of hydrogen-bond donors (Lipinski definition) is 0. The first-order chi connectivity index (χ1) is 9.51. The molecule has 20 heavy (non-hydrogen) atoms. The summed E-state index contributed by atoms with van der Waals surface area (Å²) < 4.78 is 5.53. The number of ether oxygens (including phenoxy) is 1. The van der Waals surface area contributed by atoms with Crippen molar-refractivity contribution in [1.82, 2.24) is 4.90 Å². The molecule has 4 nitrogen and oxygen atoms in total. The Morgan fingerprint density at radius 1 is 1.40 bits per heavy atom. The molecular formula is C14H13NO3S2. The average Bonchev–Trinajstić information content (AvgIpc) is 2.66. The smallest absolute Gasteiger partial charge is 0.308 e. The summed E-state index contributed by atoms with van der Waals surface area (Å²) in [5.74, 6) is 0.0592. The van der Waals surface area contributed by atoms with Crippen LogP contribution in [0.4, 0.5) is 0 Å². The van der Waals surface area contributed by atoms with Crippen molar-refractivity contribution in [2.24, 2.45) is 0 Å². The molecule has 1 saturated heterocycles. The van der Waals surface area contributed by atoms with Crippen LogP contribution in [0.5, 0.6) is 5.75 Å². The zero-order valence-electron chi connectivity index (χ0n) is 11.1. The lowest BCUT2D eigenvalue weighted by molar-refractivity contribution is -0.131. The van der Waals surface area contributed by atoms with Crippen LogP contribution < -0.4 is 4.74 Å². The van der Waals surface area contributed by atoms with Crippen molar-refractivity contribution < 1.29 is 14.3 Å². The third-order valence-electron chi connectivity index (χ3n) is 2.63. The maximum Gasteiger partial charge on any atom is 0.308 e. The molecular weight excluding hydrogens is 294 g/mol. The van der Waals surface area contributed by atoms with Gasteiger partial charge in [0.1, 0.15) is 10.1 Å². The van der Waals surface area contributed by atoms with Gasteiger partial charge in [0.05, 0.1) is 4.91 Å². The predicted octanol–water partition coefficient (Wildman–Crippen LogP) is 2.83. The van der Waals surface area contributed by atoms with Crippen molar-refractivity contribution in [2.75, 3.05) is 6.54 Å². The lowest BCUT2D eigenvalue weighted by Gasteiger charge is -2.09. The van der Waals surface area contributed by atoms with Crippen LogP contribution in [0.1, 0.15) is 19.4 Å². The molecule has 0 bridgehead atoms. The first-order valence-electron chi connectivity index (χ1n) is 6.05. The largest absolute Gasteiger partial charge is 0.427 e. The maximum absolute atomic E-state index is 12.0. The van der Waals surface area contributed by atoms with Crippen LogP contribution in [-0.4, -0.2) is 27.6 Å². The number of nitrogens with zero attached hydrogens (tertiary/aromatic N) is 1. The zero-order valence-corrected chi connectivity index (χ0v) is 12.7. The minimum absolute atomic E-state index is 0.0634. The molecule has 1 aromatic rings. The van der Waals surface area contributed by atoms with Crippen molar-refractivity contribution in [3.8, 4) is 5.75 Å². The van der Waals surface area contributed by atoms with E-state index in [0.29, 0.717) is 21.5 Å². The number of hydrogen-bond acceptors (Lipinski definition) is 5. The second-order valence-electron chi connectivity index (χ2n) is 4.09. The van der Waals surface area contributed by atoms with Gasteiger partial charge in [-0.2, -0.15) is 0 Å². The van der Waals surface area contributed by atoms with Gasteiger partial charge in [-0.25, -0.2) is 0 Å². The quantitative estimate of drug-likeness (QED) is 0.372. The number of esters is 1.